The van der Waals surface area contributed by atoms with Gasteiger partial charge in [0.2, 0.25) is 0 Å². The topological polar surface area (TPSA) is 90.8 Å². The fourth-order valence-corrected chi connectivity index (χ4v) is 2.68. The van der Waals surface area contributed by atoms with Crippen LogP contribution in [-0.2, 0) is 4.84 Å². The first kappa shape index (κ1) is 15.1. The molecule has 1 aliphatic heterocycles. The van der Waals surface area contributed by atoms with Gasteiger partial charge < -0.3 is 9.25 Å². The Balaban J connectivity index is 1.48. The summed E-state index contributed by atoms with van der Waals surface area (Å²) in [5.41, 5.74) is 3.46. The quantitative estimate of drug-likeness (QED) is 0.528. The van der Waals surface area contributed by atoms with E-state index in [-0.39, 0.29) is 12.0 Å². The number of benzene rings is 1. The molecular formula is C18H13N3O4. The number of hydrogen-bond acceptors (Lipinski definition) is 6. The Labute approximate surface area is 142 Å². The second-order valence-electron chi connectivity index (χ2n) is 5.57. The molecule has 1 unspecified atom stereocenters. The molecule has 0 saturated carbocycles. The van der Waals surface area contributed by atoms with E-state index in [1.54, 1.807) is 6.20 Å². The van der Waals surface area contributed by atoms with E-state index in [0.29, 0.717) is 17.9 Å². The summed E-state index contributed by atoms with van der Waals surface area (Å²) >= 11 is 0. The van der Waals surface area contributed by atoms with Gasteiger partial charge in [0.05, 0.1) is 11.8 Å². The fourth-order valence-electron chi connectivity index (χ4n) is 2.68. The van der Waals surface area contributed by atoms with Crippen LogP contribution >= 0.6 is 0 Å². The van der Waals surface area contributed by atoms with Crippen molar-refractivity contribution < 1.29 is 14.2 Å². The third kappa shape index (κ3) is 2.99. The zero-order valence-electron chi connectivity index (χ0n) is 13.0. The van der Waals surface area contributed by atoms with Crippen LogP contribution in [0.15, 0.2) is 70.4 Å². The van der Waals surface area contributed by atoms with Crippen LogP contribution in [0.5, 0.6) is 0 Å². The first-order valence-electron chi connectivity index (χ1n) is 7.69. The second kappa shape index (κ2) is 6.20. The molecule has 0 saturated heterocycles. The van der Waals surface area contributed by atoms with Crippen molar-refractivity contribution >= 4 is 11.6 Å². The molecule has 0 bridgehead atoms. The molecule has 0 N–H and O–H groups in total. The van der Waals surface area contributed by atoms with E-state index >= 15 is 0 Å². The predicted octanol–water partition coefficient (Wildman–Crippen LogP) is 4.12. The number of furan rings is 1. The van der Waals surface area contributed by atoms with E-state index in [1.165, 1.54) is 12.1 Å². The van der Waals surface area contributed by atoms with Crippen LogP contribution in [0.3, 0.4) is 0 Å². The van der Waals surface area contributed by atoms with E-state index in [0.717, 1.165) is 16.8 Å². The maximum atomic E-state index is 10.7. The van der Waals surface area contributed by atoms with Crippen molar-refractivity contribution in [1.82, 2.24) is 4.98 Å². The van der Waals surface area contributed by atoms with Gasteiger partial charge in [-0.15, -0.1) is 0 Å². The molecule has 0 fully saturated rings. The standard InChI is InChI=1S/C18H13N3O4/c22-21(23)18-9-8-16(24-18)15-11-17(25-20-15)13-6-4-12(5-7-13)14-3-1-2-10-19-14/h1-10,17H,11H2. The van der Waals surface area contributed by atoms with Crippen molar-refractivity contribution in [3.05, 3.63) is 82.2 Å². The largest absolute Gasteiger partial charge is 0.433 e. The summed E-state index contributed by atoms with van der Waals surface area (Å²) in [5, 5.41) is 14.7. The SMILES string of the molecule is O=[N+]([O-])c1ccc(C2=NOC(c3ccc(-c4ccccn4)cc3)C2)o1. The number of aromatic nitrogens is 1. The average Bonchev–Trinajstić information content (AvgIpc) is 3.32. The number of nitrogens with zero attached hydrogens (tertiary/aromatic N) is 3. The van der Waals surface area contributed by atoms with Crippen molar-refractivity contribution in [1.29, 1.82) is 0 Å². The highest BCUT2D eigenvalue weighted by Gasteiger charge is 2.27. The first-order valence-corrected chi connectivity index (χ1v) is 7.69. The van der Waals surface area contributed by atoms with Gasteiger partial charge in [-0.1, -0.05) is 35.5 Å². The molecule has 1 aromatic carbocycles. The van der Waals surface area contributed by atoms with Gasteiger partial charge >= 0.3 is 5.88 Å². The molecular weight excluding hydrogens is 322 g/mol. The summed E-state index contributed by atoms with van der Waals surface area (Å²) in [7, 11) is 0. The summed E-state index contributed by atoms with van der Waals surface area (Å²) in [6, 6.07) is 16.5. The van der Waals surface area contributed by atoms with Crippen LogP contribution in [0.25, 0.3) is 11.3 Å². The number of pyridine rings is 1. The third-order valence-electron chi connectivity index (χ3n) is 3.97. The third-order valence-corrected chi connectivity index (χ3v) is 3.97. The Kier molecular flexibility index (Phi) is 3.74. The molecule has 1 atom stereocenters. The molecule has 3 heterocycles. The monoisotopic (exact) mass is 335 g/mol. The Morgan fingerprint density at radius 1 is 1.08 bits per heavy atom. The molecule has 0 aliphatic carbocycles. The Hall–Kier alpha value is -3.48. The minimum atomic E-state index is -0.576. The van der Waals surface area contributed by atoms with Crippen LogP contribution in [0.2, 0.25) is 0 Å². The normalized spacial score (nSPS) is 16.3. The zero-order valence-corrected chi connectivity index (χ0v) is 13.0. The molecule has 3 aromatic rings. The van der Waals surface area contributed by atoms with Crippen molar-refractivity contribution in [3.63, 3.8) is 0 Å². The molecule has 2 aromatic heterocycles. The van der Waals surface area contributed by atoms with Gasteiger partial charge in [-0.2, -0.15) is 0 Å². The Morgan fingerprint density at radius 2 is 1.92 bits per heavy atom. The van der Waals surface area contributed by atoms with Gasteiger partial charge in [0, 0.05) is 18.2 Å². The highest BCUT2D eigenvalue weighted by atomic mass is 16.7. The molecule has 124 valence electrons. The number of oxime groups is 1. The molecule has 0 radical (unpaired) electrons. The van der Waals surface area contributed by atoms with Gasteiger partial charge in [0.15, 0.2) is 11.9 Å². The number of rotatable bonds is 4. The van der Waals surface area contributed by atoms with Gasteiger partial charge in [-0.25, -0.2) is 0 Å². The molecule has 25 heavy (non-hydrogen) atoms. The minimum absolute atomic E-state index is 0.239. The highest BCUT2D eigenvalue weighted by molar-refractivity contribution is 5.99. The maximum absolute atomic E-state index is 10.7. The maximum Gasteiger partial charge on any atom is 0.433 e. The summed E-state index contributed by atoms with van der Waals surface area (Å²) < 4.78 is 5.17. The number of nitro groups is 1. The van der Waals surface area contributed by atoms with Crippen molar-refractivity contribution in [2.75, 3.05) is 0 Å². The van der Waals surface area contributed by atoms with E-state index in [1.807, 2.05) is 42.5 Å². The summed E-state index contributed by atoms with van der Waals surface area (Å²) in [4.78, 5) is 19.9. The summed E-state index contributed by atoms with van der Waals surface area (Å²) in [6.45, 7) is 0. The van der Waals surface area contributed by atoms with Gasteiger partial charge in [-0.05, 0) is 23.8 Å². The molecule has 0 amide bonds. The first-order chi connectivity index (χ1) is 12.2. The minimum Gasteiger partial charge on any atom is -0.399 e. The average molecular weight is 335 g/mol. The van der Waals surface area contributed by atoms with Crippen LogP contribution in [-0.4, -0.2) is 15.6 Å². The zero-order chi connectivity index (χ0) is 17.2. The van der Waals surface area contributed by atoms with Crippen molar-refractivity contribution in [2.24, 2.45) is 5.16 Å². The van der Waals surface area contributed by atoms with Gasteiger partial charge in [0.25, 0.3) is 0 Å². The lowest BCUT2D eigenvalue weighted by atomic mass is 10.0. The lowest BCUT2D eigenvalue weighted by Crippen LogP contribution is -2.00. The van der Waals surface area contributed by atoms with Crippen molar-refractivity contribution in [2.45, 2.75) is 12.5 Å². The highest BCUT2D eigenvalue weighted by Crippen LogP contribution is 2.31. The van der Waals surface area contributed by atoms with Crippen LogP contribution in [0.1, 0.15) is 23.8 Å². The van der Waals surface area contributed by atoms with E-state index < -0.39 is 4.92 Å². The van der Waals surface area contributed by atoms with Crippen LogP contribution < -0.4 is 0 Å². The van der Waals surface area contributed by atoms with E-state index in [2.05, 4.69) is 10.1 Å². The van der Waals surface area contributed by atoms with Crippen LogP contribution in [0, 0.1) is 10.1 Å². The van der Waals surface area contributed by atoms with Gasteiger partial charge in [-0.3, -0.25) is 15.1 Å². The lowest BCUT2D eigenvalue weighted by molar-refractivity contribution is -0.402. The predicted molar refractivity (Wildman–Crippen MR) is 90.0 cm³/mol. The summed E-state index contributed by atoms with van der Waals surface area (Å²) in [5.74, 6) is 0.0557. The van der Waals surface area contributed by atoms with E-state index in [9.17, 15) is 10.1 Å². The lowest BCUT2D eigenvalue weighted by Gasteiger charge is -2.09. The van der Waals surface area contributed by atoms with Crippen molar-refractivity contribution in [3.8, 4) is 11.3 Å². The Morgan fingerprint density at radius 3 is 2.60 bits per heavy atom. The fraction of sp³-hybridized carbons (Fsp3) is 0.111. The molecule has 1 aliphatic rings. The number of hydrogen-bond donors (Lipinski definition) is 0. The van der Waals surface area contributed by atoms with Crippen LogP contribution in [0.4, 0.5) is 5.88 Å². The molecule has 4 rings (SSSR count). The molecule has 0 spiro atoms. The second-order valence-corrected chi connectivity index (χ2v) is 5.57. The molecule has 7 heteroatoms. The molecule has 7 nitrogen and oxygen atoms in total. The Bertz CT molecular complexity index is 932. The van der Waals surface area contributed by atoms with E-state index in [4.69, 9.17) is 9.25 Å². The van der Waals surface area contributed by atoms with Gasteiger partial charge in [0.1, 0.15) is 10.6 Å². The summed E-state index contributed by atoms with van der Waals surface area (Å²) in [6.07, 6.45) is 2.01. The smallest absolute Gasteiger partial charge is 0.399 e.